The molecule has 0 aliphatic heterocycles. The average molecular weight is 330 g/mol. The molecule has 0 fully saturated rings. The number of carboxylic acid groups (broad SMARTS) is 1. The zero-order valence-electron chi connectivity index (χ0n) is 10.8. The molecule has 106 valence electrons. The summed E-state index contributed by atoms with van der Waals surface area (Å²) >= 11 is 8.62. The molecule has 0 saturated heterocycles. The fourth-order valence-corrected chi connectivity index (χ4v) is 3.83. The zero-order valence-corrected chi connectivity index (χ0v) is 13.2. The fraction of sp³-hybridized carbons (Fsp3) is 0.231. The molecule has 0 amide bonds. The number of benzene rings is 1. The van der Waals surface area contributed by atoms with Gasteiger partial charge in [-0.2, -0.15) is 0 Å². The second-order valence-corrected chi connectivity index (χ2v) is 6.60. The van der Waals surface area contributed by atoms with Gasteiger partial charge in [-0.3, -0.25) is 0 Å². The van der Waals surface area contributed by atoms with Crippen molar-refractivity contribution in [1.29, 1.82) is 0 Å². The van der Waals surface area contributed by atoms with Crippen LogP contribution in [-0.2, 0) is 5.75 Å². The predicted molar refractivity (Wildman–Crippen MR) is 81.4 cm³/mol. The number of rotatable bonds is 5. The van der Waals surface area contributed by atoms with Crippen molar-refractivity contribution >= 4 is 40.7 Å². The molecule has 1 aromatic carbocycles. The maximum absolute atomic E-state index is 11.0. The summed E-state index contributed by atoms with van der Waals surface area (Å²) in [6, 6.07) is 5.42. The maximum atomic E-state index is 11.0. The highest BCUT2D eigenvalue weighted by Crippen LogP contribution is 2.33. The first kappa shape index (κ1) is 15.2. The number of thioether (sulfide) groups is 1. The Morgan fingerprint density at radius 1 is 1.55 bits per heavy atom. The minimum absolute atomic E-state index is 0.283. The summed E-state index contributed by atoms with van der Waals surface area (Å²) in [5.74, 6) is 0.441. The number of ether oxygens (including phenoxy) is 1. The summed E-state index contributed by atoms with van der Waals surface area (Å²) in [7, 11) is 1.60. The molecule has 7 heteroatoms. The summed E-state index contributed by atoms with van der Waals surface area (Å²) in [4.78, 5) is 15.5. The van der Waals surface area contributed by atoms with Crippen molar-refractivity contribution < 1.29 is 14.6 Å². The molecule has 0 aliphatic rings. The van der Waals surface area contributed by atoms with E-state index in [2.05, 4.69) is 4.98 Å². The molecular weight excluding hydrogens is 318 g/mol. The quantitative estimate of drug-likeness (QED) is 0.837. The van der Waals surface area contributed by atoms with E-state index in [-0.39, 0.29) is 4.88 Å². The number of carboxylic acids is 1. The van der Waals surface area contributed by atoms with E-state index in [0.29, 0.717) is 16.5 Å². The standard InChI is InChI=1S/C13H12ClNO3S2/c1-7-11(12(16)17)20-13(15-7)19-6-8-5-9(14)3-4-10(8)18-2/h3-5H,6H2,1-2H3,(H,16,17). The summed E-state index contributed by atoms with van der Waals surface area (Å²) in [6.07, 6.45) is 0. The Morgan fingerprint density at radius 3 is 2.90 bits per heavy atom. The molecule has 0 spiro atoms. The molecule has 1 heterocycles. The van der Waals surface area contributed by atoms with Gasteiger partial charge in [-0.15, -0.1) is 11.3 Å². The number of aromatic nitrogens is 1. The zero-order chi connectivity index (χ0) is 14.7. The van der Waals surface area contributed by atoms with Crippen LogP contribution in [0.1, 0.15) is 20.9 Å². The van der Waals surface area contributed by atoms with Crippen LogP contribution < -0.4 is 4.74 Å². The van der Waals surface area contributed by atoms with Crippen molar-refractivity contribution in [3.05, 3.63) is 39.4 Å². The maximum Gasteiger partial charge on any atom is 0.347 e. The third kappa shape index (κ3) is 3.45. The highest BCUT2D eigenvalue weighted by molar-refractivity contribution is 8.00. The Balaban J connectivity index is 2.14. The van der Waals surface area contributed by atoms with Crippen molar-refractivity contribution in [3.63, 3.8) is 0 Å². The second-order valence-electron chi connectivity index (χ2n) is 3.94. The lowest BCUT2D eigenvalue weighted by molar-refractivity contribution is 0.0701. The van der Waals surface area contributed by atoms with Gasteiger partial charge < -0.3 is 9.84 Å². The van der Waals surface area contributed by atoms with Gasteiger partial charge in [-0.25, -0.2) is 9.78 Å². The van der Waals surface area contributed by atoms with Crippen molar-refractivity contribution in [2.45, 2.75) is 17.0 Å². The van der Waals surface area contributed by atoms with E-state index in [1.807, 2.05) is 12.1 Å². The van der Waals surface area contributed by atoms with Crippen LogP contribution in [0.3, 0.4) is 0 Å². The first-order chi connectivity index (χ1) is 9.51. The van der Waals surface area contributed by atoms with E-state index in [4.69, 9.17) is 21.4 Å². The molecule has 2 rings (SSSR count). The summed E-state index contributed by atoms with van der Waals surface area (Å²) < 4.78 is 6.00. The number of carbonyl (C=O) groups is 1. The largest absolute Gasteiger partial charge is 0.496 e. The number of halogens is 1. The lowest BCUT2D eigenvalue weighted by Gasteiger charge is -2.07. The molecule has 1 N–H and O–H groups in total. The topological polar surface area (TPSA) is 59.4 Å². The van der Waals surface area contributed by atoms with Crippen molar-refractivity contribution in [3.8, 4) is 5.75 Å². The molecule has 4 nitrogen and oxygen atoms in total. The van der Waals surface area contributed by atoms with Gasteiger partial charge in [-0.05, 0) is 25.1 Å². The molecule has 1 aromatic heterocycles. The van der Waals surface area contributed by atoms with Gasteiger partial charge in [0.05, 0.1) is 12.8 Å². The average Bonchev–Trinajstić information content (AvgIpc) is 2.78. The third-order valence-electron chi connectivity index (χ3n) is 2.56. The van der Waals surface area contributed by atoms with Gasteiger partial charge in [0.1, 0.15) is 10.6 Å². The van der Waals surface area contributed by atoms with E-state index >= 15 is 0 Å². The Hall–Kier alpha value is -1.24. The van der Waals surface area contributed by atoms with Crippen molar-refractivity contribution in [1.82, 2.24) is 4.98 Å². The minimum Gasteiger partial charge on any atom is -0.496 e. The number of aryl methyl sites for hydroxylation is 1. The number of hydrogen-bond acceptors (Lipinski definition) is 5. The summed E-state index contributed by atoms with van der Waals surface area (Å²) in [6.45, 7) is 1.70. The molecule has 0 saturated carbocycles. The highest BCUT2D eigenvalue weighted by atomic mass is 35.5. The van der Waals surface area contributed by atoms with Gasteiger partial charge in [0.25, 0.3) is 0 Å². The van der Waals surface area contributed by atoms with E-state index in [1.165, 1.54) is 23.1 Å². The lowest BCUT2D eigenvalue weighted by atomic mass is 10.2. The van der Waals surface area contributed by atoms with Crippen LogP contribution in [-0.4, -0.2) is 23.2 Å². The van der Waals surface area contributed by atoms with E-state index < -0.39 is 5.97 Å². The minimum atomic E-state index is -0.938. The first-order valence-corrected chi connectivity index (χ1v) is 7.85. The van der Waals surface area contributed by atoms with E-state index in [1.54, 1.807) is 20.1 Å². The molecule has 2 aromatic rings. The van der Waals surface area contributed by atoms with Crippen LogP contribution in [0, 0.1) is 6.92 Å². The Kier molecular flexibility index (Phi) is 4.91. The number of nitrogens with zero attached hydrogens (tertiary/aromatic N) is 1. The third-order valence-corrected chi connectivity index (χ3v) is 5.14. The first-order valence-electron chi connectivity index (χ1n) is 5.67. The Labute approximate surface area is 129 Å². The fourth-order valence-electron chi connectivity index (χ4n) is 1.63. The van der Waals surface area contributed by atoms with E-state index in [0.717, 1.165) is 15.7 Å². The van der Waals surface area contributed by atoms with Crippen LogP contribution in [0.5, 0.6) is 5.75 Å². The monoisotopic (exact) mass is 329 g/mol. The predicted octanol–water partition coefficient (Wildman–Crippen LogP) is 4.10. The molecule has 0 radical (unpaired) electrons. The molecule has 20 heavy (non-hydrogen) atoms. The summed E-state index contributed by atoms with van der Waals surface area (Å²) in [5.41, 5.74) is 1.50. The van der Waals surface area contributed by atoms with E-state index in [9.17, 15) is 4.79 Å². The van der Waals surface area contributed by atoms with Crippen LogP contribution >= 0.6 is 34.7 Å². The van der Waals surface area contributed by atoms with Gasteiger partial charge in [0.15, 0.2) is 4.34 Å². The molecule has 0 aliphatic carbocycles. The van der Waals surface area contributed by atoms with Gasteiger partial charge in [0.2, 0.25) is 0 Å². The number of hydrogen-bond donors (Lipinski definition) is 1. The Bertz CT molecular complexity index is 643. The molecular formula is C13H12ClNO3S2. The van der Waals surface area contributed by atoms with Gasteiger partial charge in [0, 0.05) is 16.3 Å². The SMILES string of the molecule is COc1ccc(Cl)cc1CSc1nc(C)c(C(=O)O)s1. The van der Waals surface area contributed by atoms with Crippen LogP contribution in [0.2, 0.25) is 5.02 Å². The van der Waals surface area contributed by atoms with Crippen molar-refractivity contribution in [2.75, 3.05) is 7.11 Å². The number of thiazole rings is 1. The van der Waals surface area contributed by atoms with Crippen LogP contribution in [0.4, 0.5) is 0 Å². The second kappa shape index (κ2) is 6.47. The highest BCUT2D eigenvalue weighted by Gasteiger charge is 2.15. The lowest BCUT2D eigenvalue weighted by Crippen LogP contribution is -1.94. The summed E-state index contributed by atoms with van der Waals surface area (Å²) in [5, 5.41) is 9.65. The van der Waals surface area contributed by atoms with Gasteiger partial charge in [-0.1, -0.05) is 23.4 Å². The van der Waals surface area contributed by atoms with Crippen LogP contribution in [0.15, 0.2) is 22.5 Å². The molecule has 0 bridgehead atoms. The smallest absolute Gasteiger partial charge is 0.347 e. The molecule has 0 atom stereocenters. The van der Waals surface area contributed by atoms with Crippen LogP contribution in [0.25, 0.3) is 0 Å². The molecule has 0 unspecified atom stereocenters. The van der Waals surface area contributed by atoms with Gasteiger partial charge >= 0.3 is 5.97 Å². The van der Waals surface area contributed by atoms with Crippen molar-refractivity contribution in [2.24, 2.45) is 0 Å². The number of aromatic carboxylic acids is 1. The number of methoxy groups -OCH3 is 1. The normalized spacial score (nSPS) is 10.6. The Morgan fingerprint density at radius 2 is 2.30 bits per heavy atom.